The summed E-state index contributed by atoms with van der Waals surface area (Å²) >= 11 is 0. The van der Waals surface area contributed by atoms with Gasteiger partial charge in [-0.15, -0.1) is 0 Å². The molecule has 0 saturated heterocycles. The van der Waals surface area contributed by atoms with E-state index in [-0.39, 0.29) is 0 Å². The molecule has 0 spiro atoms. The molecule has 0 aliphatic heterocycles. The fourth-order valence-corrected chi connectivity index (χ4v) is 2.08. The van der Waals surface area contributed by atoms with E-state index in [1.165, 1.54) is 12.4 Å². The highest BCUT2D eigenvalue weighted by atomic mass is 31.2. The molecule has 19 heavy (non-hydrogen) atoms. The predicted molar refractivity (Wildman–Crippen MR) is 70.2 cm³/mol. The number of rotatable bonds is 5. The third kappa shape index (κ3) is 3.60. The number of allylic oxidation sites excluding steroid dienone is 1. The van der Waals surface area contributed by atoms with Gasteiger partial charge >= 0.3 is 7.60 Å². The Bertz CT molecular complexity index is 648. The third-order valence-electron chi connectivity index (χ3n) is 2.50. The van der Waals surface area contributed by atoms with Crippen molar-refractivity contribution >= 4 is 24.6 Å². The molecule has 2 rings (SSSR count). The second kappa shape index (κ2) is 5.48. The highest BCUT2D eigenvalue weighted by Gasteiger charge is 2.07. The average Bonchev–Trinajstić information content (AvgIpc) is 2.72. The molecule has 0 fully saturated rings. The summed E-state index contributed by atoms with van der Waals surface area (Å²) in [5.74, 6) is 1.25. The quantitative estimate of drug-likeness (QED) is 0.549. The Morgan fingerprint density at radius 3 is 2.89 bits per heavy atom. The highest BCUT2D eigenvalue weighted by molar-refractivity contribution is 7.55. The van der Waals surface area contributed by atoms with E-state index in [2.05, 4.69) is 15.0 Å². The summed E-state index contributed by atoms with van der Waals surface area (Å²) in [6.07, 6.45) is 5.76. The smallest absolute Gasteiger partial charge is 0.348 e. The van der Waals surface area contributed by atoms with Crippen molar-refractivity contribution in [1.29, 1.82) is 0 Å². The van der Waals surface area contributed by atoms with Crippen molar-refractivity contribution in [3.63, 3.8) is 0 Å². The molecule has 0 atom stereocenters. The number of aromatic nitrogens is 4. The van der Waals surface area contributed by atoms with E-state index in [0.717, 1.165) is 5.82 Å². The summed E-state index contributed by atoms with van der Waals surface area (Å²) in [7, 11) is -4.05. The van der Waals surface area contributed by atoms with Gasteiger partial charge in [0.25, 0.3) is 0 Å². The molecule has 0 saturated carbocycles. The molecule has 0 aromatic carbocycles. The van der Waals surface area contributed by atoms with Gasteiger partial charge in [0.05, 0.1) is 6.33 Å². The molecular formula is C10H14N5O3P. The van der Waals surface area contributed by atoms with E-state index >= 15 is 0 Å². The van der Waals surface area contributed by atoms with Crippen LogP contribution in [0.5, 0.6) is 0 Å². The Kier molecular flexibility index (Phi) is 3.94. The first-order chi connectivity index (χ1) is 8.97. The zero-order valence-corrected chi connectivity index (χ0v) is 10.9. The Hall–Kier alpha value is -1.76. The highest BCUT2D eigenvalue weighted by Crippen LogP contribution is 2.36. The molecule has 0 amide bonds. The van der Waals surface area contributed by atoms with Crippen molar-refractivity contribution in [2.24, 2.45) is 0 Å². The fraction of sp³-hybridized carbons (Fsp3) is 0.300. The number of hydrogen-bond acceptors (Lipinski definition) is 5. The number of aryl methyl sites for hydroxylation is 1. The average molecular weight is 283 g/mol. The molecule has 2 heterocycles. The van der Waals surface area contributed by atoms with E-state index in [1.54, 1.807) is 6.33 Å². The number of nitrogen functional groups attached to an aromatic ring is 1. The van der Waals surface area contributed by atoms with E-state index in [0.29, 0.717) is 36.4 Å². The van der Waals surface area contributed by atoms with Gasteiger partial charge in [-0.1, -0.05) is 6.08 Å². The van der Waals surface area contributed by atoms with Crippen LogP contribution in [0.1, 0.15) is 12.8 Å². The molecule has 0 bridgehead atoms. The van der Waals surface area contributed by atoms with Crippen LogP contribution >= 0.6 is 7.60 Å². The largest absolute Gasteiger partial charge is 0.382 e. The van der Waals surface area contributed by atoms with E-state index in [4.69, 9.17) is 15.5 Å². The fourth-order valence-electron chi connectivity index (χ4n) is 1.65. The first-order valence-corrected chi connectivity index (χ1v) is 7.30. The minimum atomic E-state index is -4.05. The van der Waals surface area contributed by atoms with Gasteiger partial charge in [-0.05, 0) is 12.8 Å². The van der Waals surface area contributed by atoms with Crippen LogP contribution < -0.4 is 5.73 Å². The van der Waals surface area contributed by atoms with Crippen molar-refractivity contribution in [1.82, 2.24) is 19.5 Å². The van der Waals surface area contributed by atoms with E-state index in [9.17, 15) is 4.57 Å². The number of nitrogens with two attached hydrogens (primary N) is 1. The van der Waals surface area contributed by atoms with Crippen molar-refractivity contribution in [2.45, 2.75) is 19.4 Å². The number of hydrogen-bond donors (Lipinski definition) is 3. The second-order valence-electron chi connectivity index (χ2n) is 3.99. The number of anilines is 1. The predicted octanol–water partition coefficient (Wildman–Crippen LogP) is 0.880. The van der Waals surface area contributed by atoms with Crippen molar-refractivity contribution in [3.8, 4) is 0 Å². The topological polar surface area (TPSA) is 127 Å². The van der Waals surface area contributed by atoms with Gasteiger partial charge < -0.3 is 20.1 Å². The monoisotopic (exact) mass is 283 g/mol. The Morgan fingerprint density at radius 1 is 1.37 bits per heavy atom. The summed E-state index contributed by atoms with van der Waals surface area (Å²) in [6, 6.07) is 0. The number of unbranched alkanes of at least 4 members (excludes halogenated alkanes) is 1. The molecular weight excluding hydrogens is 269 g/mol. The summed E-state index contributed by atoms with van der Waals surface area (Å²) in [4.78, 5) is 29.4. The summed E-state index contributed by atoms with van der Waals surface area (Å²) in [5, 5.41) is 0. The molecule has 0 unspecified atom stereocenters. The maximum atomic E-state index is 10.6. The number of fused-ring (bicyclic) bond motifs is 1. The van der Waals surface area contributed by atoms with E-state index < -0.39 is 7.60 Å². The first-order valence-electron chi connectivity index (χ1n) is 5.61. The minimum absolute atomic E-state index is 0.338. The van der Waals surface area contributed by atoms with Crippen LogP contribution in [0.15, 0.2) is 24.5 Å². The first kappa shape index (κ1) is 13.7. The standard InChI is InChI=1S/C10H14N5O3P/c11-9-8-10(13-6-12-9)15(7-14-8)4-2-1-3-5-19(16,17)18/h3,5-7H,1-2,4H2,(H2,11,12,13)(H2,16,17,18). The van der Waals surface area contributed by atoms with Crippen LogP contribution in [0.25, 0.3) is 11.2 Å². The number of nitrogens with zero attached hydrogens (tertiary/aromatic N) is 4. The van der Waals surface area contributed by atoms with Gasteiger partial charge in [0.1, 0.15) is 11.8 Å². The van der Waals surface area contributed by atoms with Gasteiger partial charge in [-0.25, -0.2) is 15.0 Å². The van der Waals surface area contributed by atoms with Crippen LogP contribution in [0.3, 0.4) is 0 Å². The van der Waals surface area contributed by atoms with Gasteiger partial charge in [0.2, 0.25) is 0 Å². The SMILES string of the molecule is Nc1ncnc2c1ncn2CCCC=CP(=O)(O)O. The molecule has 8 nitrogen and oxygen atoms in total. The van der Waals surface area contributed by atoms with Crippen molar-refractivity contribution < 1.29 is 14.4 Å². The Morgan fingerprint density at radius 2 is 2.16 bits per heavy atom. The van der Waals surface area contributed by atoms with E-state index in [1.807, 2.05) is 4.57 Å². The normalized spacial score (nSPS) is 12.5. The molecule has 4 N–H and O–H groups in total. The molecule has 0 aliphatic carbocycles. The molecule has 2 aromatic heterocycles. The van der Waals surface area contributed by atoms with Gasteiger partial charge in [-0.3, -0.25) is 4.57 Å². The molecule has 0 radical (unpaired) electrons. The van der Waals surface area contributed by atoms with Gasteiger partial charge in [-0.2, -0.15) is 0 Å². The van der Waals surface area contributed by atoms with Crippen molar-refractivity contribution in [3.05, 3.63) is 24.5 Å². The lowest BCUT2D eigenvalue weighted by atomic mass is 10.3. The van der Waals surface area contributed by atoms with Crippen molar-refractivity contribution in [2.75, 3.05) is 5.73 Å². The van der Waals surface area contributed by atoms with Crippen LogP contribution in [0.4, 0.5) is 5.82 Å². The Labute approximate surface area is 109 Å². The zero-order valence-electron chi connectivity index (χ0n) is 10.0. The second-order valence-corrected chi connectivity index (χ2v) is 5.46. The van der Waals surface area contributed by atoms with Crippen LogP contribution in [-0.4, -0.2) is 29.3 Å². The molecule has 2 aromatic rings. The lowest BCUT2D eigenvalue weighted by Gasteiger charge is -2.02. The van der Waals surface area contributed by atoms with Gasteiger partial charge in [0, 0.05) is 12.4 Å². The summed E-state index contributed by atoms with van der Waals surface area (Å²) in [6.45, 7) is 0.637. The lowest BCUT2D eigenvalue weighted by molar-refractivity contribution is 0.386. The molecule has 0 aliphatic rings. The number of imidazole rings is 1. The summed E-state index contributed by atoms with van der Waals surface area (Å²) in [5.41, 5.74) is 6.89. The summed E-state index contributed by atoms with van der Waals surface area (Å²) < 4.78 is 12.4. The Balaban J connectivity index is 1.98. The zero-order chi connectivity index (χ0) is 13.9. The maximum absolute atomic E-state index is 10.6. The van der Waals surface area contributed by atoms with Crippen LogP contribution in [0, 0.1) is 0 Å². The third-order valence-corrected chi connectivity index (χ3v) is 3.10. The minimum Gasteiger partial charge on any atom is -0.382 e. The molecule has 102 valence electrons. The molecule has 9 heteroatoms. The lowest BCUT2D eigenvalue weighted by Crippen LogP contribution is -1.99. The van der Waals surface area contributed by atoms with Gasteiger partial charge in [0.15, 0.2) is 11.5 Å². The maximum Gasteiger partial charge on any atom is 0.348 e. The van der Waals surface area contributed by atoms with Crippen LogP contribution in [0.2, 0.25) is 0 Å². The van der Waals surface area contributed by atoms with Crippen LogP contribution in [-0.2, 0) is 11.1 Å².